The number of aromatic amines is 2. The summed E-state index contributed by atoms with van der Waals surface area (Å²) >= 11 is 0. The lowest BCUT2D eigenvalue weighted by Crippen LogP contribution is -2.46. The lowest BCUT2D eigenvalue weighted by molar-refractivity contribution is -0.127. The number of hydrogen-bond donors (Lipinski definition) is 2. The number of aromatic nitrogens is 4. The fourth-order valence-corrected chi connectivity index (χ4v) is 5.54. The molecule has 2 aliphatic heterocycles. The van der Waals surface area contributed by atoms with Gasteiger partial charge in [-0.05, 0) is 49.6 Å². The lowest BCUT2D eigenvalue weighted by Gasteiger charge is -2.38. The summed E-state index contributed by atoms with van der Waals surface area (Å²) in [7, 11) is 1.63. The van der Waals surface area contributed by atoms with Gasteiger partial charge in [0.25, 0.3) is 5.91 Å². The largest absolute Gasteiger partial charge is 0.496 e. The number of nitrogens with one attached hydrogen (secondary N) is 2. The molecule has 188 valence electrons. The first-order chi connectivity index (χ1) is 18.1. The molecule has 4 aromatic rings. The van der Waals surface area contributed by atoms with E-state index in [0.717, 1.165) is 34.5 Å². The Hall–Kier alpha value is -4.40. The summed E-state index contributed by atoms with van der Waals surface area (Å²) in [5, 5.41) is 13.8. The summed E-state index contributed by atoms with van der Waals surface area (Å²) in [6.07, 6.45) is 7.47. The van der Waals surface area contributed by atoms with Crippen LogP contribution in [0.1, 0.15) is 29.6 Å². The minimum Gasteiger partial charge on any atom is -0.496 e. The highest BCUT2D eigenvalue weighted by molar-refractivity contribution is 6.01. The van der Waals surface area contributed by atoms with E-state index in [1.165, 1.54) is 0 Å². The third-order valence-electron chi connectivity index (χ3n) is 7.75. The van der Waals surface area contributed by atoms with Crippen LogP contribution in [-0.4, -0.2) is 63.9 Å². The van der Waals surface area contributed by atoms with Gasteiger partial charge in [0.1, 0.15) is 5.75 Å². The third-order valence-corrected chi connectivity index (χ3v) is 7.75. The van der Waals surface area contributed by atoms with E-state index in [-0.39, 0.29) is 11.8 Å². The Balaban J connectivity index is 1.13. The predicted molar refractivity (Wildman–Crippen MR) is 139 cm³/mol. The maximum atomic E-state index is 13.7. The van der Waals surface area contributed by atoms with Crippen molar-refractivity contribution in [1.82, 2.24) is 25.3 Å². The number of rotatable bonds is 5. The average Bonchev–Trinajstić information content (AvgIpc) is 3.72. The predicted octanol–water partition coefficient (Wildman–Crippen LogP) is 4.13. The molecule has 0 aliphatic carbocycles. The van der Waals surface area contributed by atoms with Gasteiger partial charge in [-0.25, -0.2) is 0 Å². The highest BCUT2D eigenvalue weighted by Crippen LogP contribution is 2.44. The van der Waals surface area contributed by atoms with Crippen LogP contribution in [0, 0.1) is 5.41 Å². The van der Waals surface area contributed by atoms with Gasteiger partial charge in [0, 0.05) is 66.0 Å². The van der Waals surface area contributed by atoms with Crippen LogP contribution in [0.25, 0.3) is 22.4 Å². The maximum absolute atomic E-state index is 13.7. The topological polar surface area (TPSA) is 107 Å². The van der Waals surface area contributed by atoms with Crippen LogP contribution in [-0.2, 0) is 4.79 Å². The number of ether oxygens (including phenoxy) is 1. The highest BCUT2D eigenvalue weighted by atomic mass is 16.5. The van der Waals surface area contributed by atoms with Crippen LogP contribution >= 0.6 is 0 Å². The molecule has 2 aromatic heterocycles. The number of nitrogens with zero attached hydrogens (tertiary/aromatic N) is 4. The Morgan fingerprint density at radius 1 is 0.973 bits per heavy atom. The van der Waals surface area contributed by atoms with Crippen molar-refractivity contribution in [3.8, 4) is 28.1 Å². The molecule has 0 unspecified atom stereocenters. The van der Waals surface area contributed by atoms with Crippen LogP contribution in [0.5, 0.6) is 5.75 Å². The molecule has 2 aliphatic rings. The van der Waals surface area contributed by atoms with Gasteiger partial charge >= 0.3 is 0 Å². The second kappa shape index (κ2) is 9.24. The van der Waals surface area contributed by atoms with Gasteiger partial charge in [0.2, 0.25) is 5.91 Å². The smallest absolute Gasteiger partial charge is 0.253 e. The molecule has 2 N–H and O–H groups in total. The van der Waals surface area contributed by atoms with Crippen molar-refractivity contribution in [3.05, 3.63) is 72.7 Å². The van der Waals surface area contributed by atoms with Gasteiger partial charge in [0.05, 0.1) is 24.4 Å². The fourth-order valence-electron chi connectivity index (χ4n) is 5.54. The van der Waals surface area contributed by atoms with E-state index in [1.807, 2.05) is 64.5 Å². The number of hydrogen-bond acceptors (Lipinski definition) is 5. The summed E-state index contributed by atoms with van der Waals surface area (Å²) in [6, 6.07) is 15.3. The summed E-state index contributed by atoms with van der Waals surface area (Å²) in [6.45, 7) is 1.81. The first kappa shape index (κ1) is 23.0. The van der Waals surface area contributed by atoms with E-state index in [2.05, 4.69) is 20.4 Å². The Morgan fingerprint density at radius 3 is 2.43 bits per heavy atom. The molecule has 1 spiro atoms. The normalized spacial score (nSPS) is 16.9. The fraction of sp³-hybridized carbons (Fsp3) is 0.286. The van der Waals surface area contributed by atoms with E-state index in [1.54, 1.807) is 19.5 Å². The molecule has 2 aromatic carbocycles. The van der Waals surface area contributed by atoms with Gasteiger partial charge < -0.3 is 14.5 Å². The minimum absolute atomic E-state index is 0.00491. The van der Waals surface area contributed by atoms with Crippen molar-refractivity contribution >= 4 is 17.5 Å². The molecule has 9 heteroatoms. The Labute approximate surface area is 214 Å². The van der Waals surface area contributed by atoms with Crippen LogP contribution < -0.4 is 9.64 Å². The average molecular weight is 497 g/mol. The van der Waals surface area contributed by atoms with Gasteiger partial charge in [-0.1, -0.05) is 12.1 Å². The number of H-pyrrole nitrogens is 2. The summed E-state index contributed by atoms with van der Waals surface area (Å²) in [4.78, 5) is 30.5. The zero-order valence-corrected chi connectivity index (χ0v) is 20.6. The number of carbonyl (C=O) groups is 2. The molecule has 37 heavy (non-hydrogen) atoms. The monoisotopic (exact) mass is 496 g/mol. The number of amides is 2. The molecule has 6 rings (SSSR count). The standard InChI is InChI=1S/C28H28N6O3/c1-37-25-16-22(6-7-23(25)21-17-30-31-18-21)34-15-11-28(27(34)36)9-13-33(14-10-28)26(35)20-4-2-19(3-5-20)24-8-12-29-32-24/h2-8,12,16-18H,9-11,13-15H2,1H3,(H,29,32)(H,30,31). The van der Waals surface area contributed by atoms with Crippen molar-refractivity contribution in [2.45, 2.75) is 19.3 Å². The van der Waals surface area contributed by atoms with Gasteiger partial charge in [-0.2, -0.15) is 10.2 Å². The SMILES string of the molecule is COc1cc(N2CCC3(CCN(C(=O)c4ccc(-c5cc[nH]n5)cc4)CC3)C2=O)ccc1-c1cn[nH]c1. The first-order valence-electron chi connectivity index (χ1n) is 12.5. The van der Waals surface area contributed by atoms with Crippen molar-refractivity contribution in [2.75, 3.05) is 31.6 Å². The molecule has 0 bridgehead atoms. The Kier molecular flexibility index (Phi) is 5.75. The first-order valence-corrected chi connectivity index (χ1v) is 12.5. The zero-order chi connectivity index (χ0) is 25.4. The number of carbonyl (C=O) groups excluding carboxylic acids is 2. The minimum atomic E-state index is -0.420. The Morgan fingerprint density at radius 2 is 1.76 bits per heavy atom. The molecular weight excluding hydrogens is 468 g/mol. The van der Waals surface area contributed by atoms with Crippen molar-refractivity contribution in [3.63, 3.8) is 0 Å². The second-order valence-corrected chi connectivity index (χ2v) is 9.69. The van der Waals surface area contributed by atoms with Gasteiger partial charge in [0.15, 0.2) is 0 Å². The molecular formula is C28H28N6O3. The highest BCUT2D eigenvalue weighted by Gasteiger charge is 2.49. The van der Waals surface area contributed by atoms with Gasteiger partial charge in [-0.15, -0.1) is 0 Å². The maximum Gasteiger partial charge on any atom is 0.253 e. The van der Waals surface area contributed by atoms with Crippen LogP contribution in [0.15, 0.2) is 67.1 Å². The van der Waals surface area contributed by atoms with Crippen molar-refractivity contribution in [2.24, 2.45) is 5.41 Å². The Bertz CT molecular complexity index is 1400. The molecule has 2 amide bonds. The van der Waals surface area contributed by atoms with Crippen LogP contribution in [0.3, 0.4) is 0 Å². The molecule has 0 saturated carbocycles. The molecule has 4 heterocycles. The number of likely N-dealkylation sites (tertiary alicyclic amines) is 1. The number of benzene rings is 2. The van der Waals surface area contributed by atoms with Gasteiger partial charge in [-0.3, -0.25) is 19.8 Å². The van der Waals surface area contributed by atoms with Crippen LogP contribution in [0.4, 0.5) is 5.69 Å². The van der Waals surface area contributed by atoms with E-state index < -0.39 is 5.41 Å². The quantitative estimate of drug-likeness (QED) is 0.432. The zero-order valence-electron chi connectivity index (χ0n) is 20.6. The molecule has 2 fully saturated rings. The number of methoxy groups -OCH3 is 1. The molecule has 2 saturated heterocycles. The lowest BCUT2D eigenvalue weighted by atomic mass is 9.77. The number of anilines is 1. The molecule has 0 atom stereocenters. The third kappa shape index (κ3) is 4.06. The molecule has 0 radical (unpaired) electrons. The summed E-state index contributed by atoms with van der Waals surface area (Å²) < 4.78 is 5.62. The van der Waals surface area contributed by atoms with Crippen molar-refractivity contribution < 1.29 is 14.3 Å². The van der Waals surface area contributed by atoms with Crippen molar-refractivity contribution in [1.29, 1.82) is 0 Å². The van der Waals surface area contributed by atoms with E-state index in [4.69, 9.17) is 4.74 Å². The number of piperidine rings is 1. The second-order valence-electron chi connectivity index (χ2n) is 9.69. The molecule has 9 nitrogen and oxygen atoms in total. The summed E-state index contributed by atoms with van der Waals surface area (Å²) in [5.41, 5.74) is 4.72. The summed E-state index contributed by atoms with van der Waals surface area (Å²) in [5.74, 6) is 0.845. The van der Waals surface area contributed by atoms with Crippen LogP contribution in [0.2, 0.25) is 0 Å². The van der Waals surface area contributed by atoms with E-state index >= 15 is 0 Å². The van der Waals surface area contributed by atoms with E-state index in [0.29, 0.717) is 43.8 Å². The van der Waals surface area contributed by atoms with E-state index in [9.17, 15) is 9.59 Å².